The number of benzene rings is 1. The molecule has 2 amide bonds. The molecule has 1 aliphatic heterocycles. The fourth-order valence-corrected chi connectivity index (χ4v) is 8.13. The van der Waals surface area contributed by atoms with Crippen molar-refractivity contribution in [1.82, 2.24) is 10.6 Å². The molecule has 6 heteroatoms. The zero-order chi connectivity index (χ0) is 20.5. The molecule has 27 heavy (non-hydrogen) atoms. The second kappa shape index (κ2) is 7.66. The summed E-state index contributed by atoms with van der Waals surface area (Å²) >= 11 is 0. The second-order valence-corrected chi connectivity index (χ2v) is 14.2. The average molecular weight is 391 g/mol. The van der Waals surface area contributed by atoms with E-state index in [1.165, 1.54) is 5.19 Å². The largest absolute Gasteiger partial charge is 0.444 e. The highest BCUT2D eigenvalue weighted by molar-refractivity contribution is 6.92. The highest BCUT2D eigenvalue weighted by Crippen LogP contribution is 2.50. The van der Waals surface area contributed by atoms with E-state index in [2.05, 4.69) is 42.8 Å². The highest BCUT2D eigenvalue weighted by atomic mass is 28.3. The summed E-state index contributed by atoms with van der Waals surface area (Å²) in [7, 11) is -2.16. The first-order valence-corrected chi connectivity index (χ1v) is 12.7. The molecule has 0 bridgehead atoms. The summed E-state index contributed by atoms with van der Waals surface area (Å²) in [5.41, 5.74) is -0.558. The normalized spacial score (nSPS) is 26.7. The van der Waals surface area contributed by atoms with Crippen LogP contribution >= 0.6 is 0 Å². The average Bonchev–Trinajstić information content (AvgIpc) is 2.67. The van der Waals surface area contributed by atoms with Crippen LogP contribution in [0.15, 0.2) is 30.3 Å². The molecule has 0 unspecified atom stereocenters. The molecule has 1 fully saturated rings. The molecule has 2 N–H and O–H groups in total. The van der Waals surface area contributed by atoms with Crippen LogP contribution in [-0.4, -0.2) is 38.3 Å². The molecule has 150 valence electrons. The summed E-state index contributed by atoms with van der Waals surface area (Å²) in [6.07, 6.45) is 0.271. The Kier molecular flexibility index (Phi) is 6.09. The predicted molar refractivity (Wildman–Crippen MR) is 112 cm³/mol. The van der Waals surface area contributed by atoms with Gasteiger partial charge in [-0.1, -0.05) is 62.5 Å². The Bertz CT molecular complexity index is 684. The van der Waals surface area contributed by atoms with E-state index in [0.29, 0.717) is 13.0 Å². The van der Waals surface area contributed by atoms with Crippen molar-refractivity contribution in [2.45, 2.75) is 70.8 Å². The van der Waals surface area contributed by atoms with Gasteiger partial charge in [-0.25, -0.2) is 4.79 Å². The van der Waals surface area contributed by atoms with E-state index in [4.69, 9.17) is 4.74 Å². The third kappa shape index (κ3) is 4.37. The molecule has 0 aliphatic carbocycles. The van der Waals surface area contributed by atoms with Gasteiger partial charge in [-0.05, 0) is 32.2 Å². The minimum atomic E-state index is -2.16. The number of rotatable bonds is 3. The number of carbonyl (C=O) groups is 2. The topological polar surface area (TPSA) is 67.4 Å². The minimum absolute atomic E-state index is 0.0579. The van der Waals surface area contributed by atoms with Crippen LogP contribution in [0.2, 0.25) is 18.1 Å². The summed E-state index contributed by atoms with van der Waals surface area (Å²) in [5, 5.41) is 7.04. The Morgan fingerprint density at radius 3 is 2.41 bits per heavy atom. The van der Waals surface area contributed by atoms with Crippen LogP contribution in [0.5, 0.6) is 0 Å². The molecule has 1 aromatic carbocycles. The molecule has 1 aliphatic rings. The Hall–Kier alpha value is -1.82. The van der Waals surface area contributed by atoms with Gasteiger partial charge in [-0.2, -0.15) is 0 Å². The molecule has 1 aromatic rings. The van der Waals surface area contributed by atoms with Gasteiger partial charge in [0.25, 0.3) is 0 Å². The summed E-state index contributed by atoms with van der Waals surface area (Å²) in [4.78, 5) is 25.3. The molecule has 1 saturated heterocycles. The van der Waals surface area contributed by atoms with Crippen LogP contribution in [0.25, 0.3) is 0 Å². The van der Waals surface area contributed by atoms with Gasteiger partial charge in [0.1, 0.15) is 5.60 Å². The summed E-state index contributed by atoms with van der Waals surface area (Å²) in [6, 6.07) is 10.3. The Morgan fingerprint density at radius 2 is 1.85 bits per heavy atom. The van der Waals surface area contributed by atoms with E-state index in [9.17, 15) is 9.59 Å². The highest BCUT2D eigenvalue weighted by Gasteiger charge is 2.56. The SMILES string of the molecule is C[C@H]1C(=O)NCC[C@H](NC(=O)OC(C)(C)C)[C@]1(C)[Si](C)(C)c1ccccc1. The van der Waals surface area contributed by atoms with Crippen molar-refractivity contribution < 1.29 is 14.3 Å². The molecule has 1 heterocycles. The zero-order valence-corrected chi connectivity index (χ0v) is 18.7. The second-order valence-electron chi connectivity index (χ2n) is 9.27. The standard InChI is InChI=1S/C21H34N2O3Si/c1-15-18(24)22-14-13-17(23-19(25)26-20(2,3)4)21(15,5)27(6,7)16-11-9-8-10-12-16/h8-12,15,17H,13-14H2,1-7H3,(H,22,24)(H,23,25)/t15-,17-,21+/m0/s1. The van der Waals surface area contributed by atoms with E-state index >= 15 is 0 Å². The lowest BCUT2D eigenvalue weighted by atomic mass is 9.86. The first kappa shape index (κ1) is 21.5. The first-order chi connectivity index (χ1) is 12.4. The number of hydrogen-bond acceptors (Lipinski definition) is 3. The predicted octanol–water partition coefficient (Wildman–Crippen LogP) is 3.41. The maximum Gasteiger partial charge on any atom is 0.407 e. The van der Waals surface area contributed by atoms with Crippen LogP contribution < -0.4 is 15.8 Å². The number of amides is 2. The zero-order valence-electron chi connectivity index (χ0n) is 17.7. The fraction of sp³-hybridized carbons (Fsp3) is 0.619. The number of hydrogen-bond donors (Lipinski definition) is 2. The van der Waals surface area contributed by atoms with E-state index in [-0.39, 0.29) is 22.9 Å². The Morgan fingerprint density at radius 1 is 1.26 bits per heavy atom. The van der Waals surface area contributed by atoms with Gasteiger partial charge in [-0.15, -0.1) is 0 Å². The van der Waals surface area contributed by atoms with Crippen molar-refractivity contribution in [2.24, 2.45) is 5.92 Å². The molecular weight excluding hydrogens is 356 g/mol. The summed E-state index contributed by atoms with van der Waals surface area (Å²) < 4.78 is 5.52. The van der Waals surface area contributed by atoms with Gasteiger partial charge in [0, 0.05) is 18.5 Å². The van der Waals surface area contributed by atoms with E-state index in [0.717, 1.165) is 0 Å². The third-order valence-electron chi connectivity index (χ3n) is 6.28. The van der Waals surface area contributed by atoms with E-state index in [1.807, 2.05) is 45.9 Å². The van der Waals surface area contributed by atoms with Crippen molar-refractivity contribution in [3.05, 3.63) is 30.3 Å². The fourth-order valence-electron chi connectivity index (χ4n) is 4.18. The van der Waals surface area contributed by atoms with Crippen LogP contribution in [-0.2, 0) is 9.53 Å². The van der Waals surface area contributed by atoms with Crippen molar-refractivity contribution in [1.29, 1.82) is 0 Å². The van der Waals surface area contributed by atoms with Gasteiger partial charge in [-0.3, -0.25) is 4.79 Å². The lowest BCUT2D eigenvalue weighted by Gasteiger charge is -2.50. The number of ether oxygens (including phenoxy) is 1. The maximum atomic E-state index is 12.7. The molecule has 0 radical (unpaired) electrons. The van der Waals surface area contributed by atoms with E-state index < -0.39 is 19.8 Å². The van der Waals surface area contributed by atoms with Crippen molar-refractivity contribution in [3.63, 3.8) is 0 Å². The quantitative estimate of drug-likeness (QED) is 0.777. The molecule has 5 nitrogen and oxygen atoms in total. The molecule has 3 atom stereocenters. The number of carbonyl (C=O) groups excluding carboxylic acids is 2. The monoisotopic (exact) mass is 390 g/mol. The Labute approximate surface area is 164 Å². The molecule has 0 spiro atoms. The minimum Gasteiger partial charge on any atom is -0.444 e. The van der Waals surface area contributed by atoms with Gasteiger partial charge >= 0.3 is 6.09 Å². The maximum absolute atomic E-state index is 12.7. The van der Waals surface area contributed by atoms with Crippen LogP contribution in [0.1, 0.15) is 41.0 Å². The lowest BCUT2D eigenvalue weighted by molar-refractivity contribution is -0.125. The van der Waals surface area contributed by atoms with Gasteiger partial charge < -0.3 is 15.4 Å². The van der Waals surface area contributed by atoms with Crippen LogP contribution in [0.4, 0.5) is 4.79 Å². The molecule has 0 aromatic heterocycles. The summed E-state index contributed by atoms with van der Waals surface area (Å²) in [5.74, 6) is -0.163. The van der Waals surface area contributed by atoms with Gasteiger partial charge in [0.05, 0.1) is 8.07 Å². The van der Waals surface area contributed by atoms with Crippen molar-refractivity contribution in [2.75, 3.05) is 6.54 Å². The van der Waals surface area contributed by atoms with Gasteiger partial charge in [0.15, 0.2) is 0 Å². The third-order valence-corrected chi connectivity index (χ3v) is 11.5. The van der Waals surface area contributed by atoms with Crippen molar-refractivity contribution >= 4 is 25.3 Å². The van der Waals surface area contributed by atoms with E-state index in [1.54, 1.807) is 0 Å². The molecule has 0 saturated carbocycles. The van der Waals surface area contributed by atoms with Gasteiger partial charge in [0.2, 0.25) is 5.91 Å². The Balaban J connectivity index is 2.46. The number of nitrogens with one attached hydrogen (secondary N) is 2. The lowest BCUT2D eigenvalue weighted by Crippen LogP contribution is -2.63. The van der Waals surface area contributed by atoms with Crippen molar-refractivity contribution in [3.8, 4) is 0 Å². The van der Waals surface area contributed by atoms with Crippen LogP contribution in [0, 0.1) is 5.92 Å². The molecular formula is C21H34N2O3Si. The number of alkyl carbamates (subject to hydrolysis) is 1. The van der Waals surface area contributed by atoms with Crippen LogP contribution in [0.3, 0.4) is 0 Å². The molecule has 2 rings (SSSR count). The summed E-state index contributed by atoms with van der Waals surface area (Å²) in [6.45, 7) is 14.9. The first-order valence-electron chi connectivity index (χ1n) is 9.72. The smallest absolute Gasteiger partial charge is 0.407 e.